The summed E-state index contributed by atoms with van der Waals surface area (Å²) in [5, 5.41) is 16.7. The third kappa shape index (κ3) is 15.9. The Labute approximate surface area is 350 Å². The van der Waals surface area contributed by atoms with Crippen molar-refractivity contribution in [1.82, 2.24) is 20.4 Å². The minimum atomic E-state index is -0.873. The number of aliphatic imine (C=N–C) groups is 1. The molecule has 3 N–H and O–H groups in total. The molecule has 2 aliphatic rings. The van der Waals surface area contributed by atoms with E-state index in [2.05, 4.69) is 20.9 Å². The number of guanidine groups is 1. The van der Waals surface area contributed by atoms with Crippen LogP contribution in [0.15, 0.2) is 47.5 Å². The van der Waals surface area contributed by atoms with Crippen molar-refractivity contribution in [3.63, 3.8) is 0 Å². The van der Waals surface area contributed by atoms with Gasteiger partial charge in [-0.3, -0.25) is 5.32 Å². The van der Waals surface area contributed by atoms with E-state index in [0.29, 0.717) is 42.9 Å². The van der Waals surface area contributed by atoms with Gasteiger partial charge >= 0.3 is 191 Å². The maximum absolute atomic E-state index is 15.4. The van der Waals surface area contributed by atoms with Crippen LogP contribution >= 0.6 is 11.3 Å². The van der Waals surface area contributed by atoms with Crippen molar-refractivity contribution in [3.05, 3.63) is 63.6 Å². The van der Waals surface area contributed by atoms with Crippen LogP contribution in [0.1, 0.15) is 109 Å². The third-order valence-corrected chi connectivity index (χ3v) is 9.01. The number of amides is 4. The molecule has 15 nitrogen and oxygen atoms in total. The van der Waals surface area contributed by atoms with E-state index in [1.165, 1.54) is 23.5 Å². The van der Waals surface area contributed by atoms with Crippen LogP contribution in [-0.2, 0) is 18.9 Å². The molecule has 4 amide bonds. The van der Waals surface area contributed by atoms with Crippen LogP contribution in [0.2, 0.25) is 0 Å². The Balaban J connectivity index is 0.00000458. The summed E-state index contributed by atoms with van der Waals surface area (Å²) >= 11 is 1.27. The van der Waals surface area contributed by atoms with Gasteiger partial charge in [0.05, 0.1) is 0 Å². The fraction of sp³-hybridized carbons (Fsp3) is 0.488. The Bertz CT molecular complexity index is 2020. The van der Waals surface area contributed by atoms with Crippen LogP contribution in [0.5, 0.6) is 0 Å². The number of nitrogens with one attached hydrogen (secondary N) is 3. The standard InChI is InChI=1S/C39H49BFN7O8S.C2H6/c1-37(2,3)54-34(50)44-32(40-53-23-42)47-18-16-25(17-19-47)29-12-13-30(57-29)31(49)43-28-11-10-26(22-27(28)41)24-14-20-48(21-15-24)33(45-35(51)55-38(4,5)6)46-36(52)56-39(7,8)9;1-2/h10-14,16,22H,15,17-21H2,1-9H3,(H,43,49)(H,44,50)(H,45,46,51,52);1-2H3. The topological polar surface area (TPSA) is 184 Å². The molecule has 0 bridgehead atoms. The van der Waals surface area contributed by atoms with E-state index in [-0.39, 0.29) is 23.9 Å². The van der Waals surface area contributed by atoms with Gasteiger partial charge in [-0.2, -0.15) is 0 Å². The van der Waals surface area contributed by atoms with Crippen molar-refractivity contribution in [2.75, 3.05) is 31.5 Å². The quantitative estimate of drug-likeness (QED) is 0.0811. The SMILES string of the molecule is CC.CC(C)(C)OC(=O)/N=C(/NC(=O)OC(C)(C)C)N1CC=C(c2ccc(NC(=O)c3ccc(C4=CCN(C(=BOC#N)NC(=O)OC(C)(C)C)CC4)s3)c(F)c2)CC1. The fourth-order valence-electron chi connectivity index (χ4n) is 5.49. The van der Waals surface area contributed by atoms with Gasteiger partial charge < -0.3 is 14.4 Å². The Hall–Kier alpha value is -5.70. The number of anilines is 1. The Morgan fingerprint density at radius 1 is 0.814 bits per heavy atom. The minimum absolute atomic E-state index is 0.0222. The molecule has 318 valence electrons. The number of benzene rings is 1. The van der Waals surface area contributed by atoms with Gasteiger partial charge in [-0.05, 0) is 65.2 Å². The summed E-state index contributed by atoms with van der Waals surface area (Å²) in [6.07, 6.45) is 4.04. The average Bonchev–Trinajstić information content (AvgIpc) is 3.63. The summed E-state index contributed by atoms with van der Waals surface area (Å²) in [7, 11) is 1.15. The molecular weight excluding hydrogens is 780 g/mol. The van der Waals surface area contributed by atoms with Crippen molar-refractivity contribution in [1.29, 1.82) is 5.26 Å². The van der Waals surface area contributed by atoms with Gasteiger partial charge in [-0.25, -0.2) is 14.0 Å². The minimum Gasteiger partial charge on any atom is -0.205 e. The van der Waals surface area contributed by atoms with Gasteiger partial charge in [0, 0.05) is 13.1 Å². The van der Waals surface area contributed by atoms with Crippen LogP contribution in [0.4, 0.5) is 24.5 Å². The molecule has 0 spiro atoms. The Morgan fingerprint density at radius 2 is 1.39 bits per heavy atom. The predicted octanol–water partition coefficient (Wildman–Crippen LogP) is 7.89. The molecule has 0 saturated heterocycles. The monoisotopic (exact) mass is 835 g/mol. The van der Waals surface area contributed by atoms with Crippen molar-refractivity contribution in [2.24, 2.45) is 4.99 Å². The average molecular weight is 836 g/mol. The Kier molecular flexibility index (Phi) is 16.8. The smallest absolute Gasteiger partial charge is 0.205 e. The second-order valence-electron chi connectivity index (χ2n) is 16.0. The molecular formula is C41H55BFN7O8S. The van der Waals surface area contributed by atoms with Crippen LogP contribution < -0.4 is 16.0 Å². The summed E-state index contributed by atoms with van der Waals surface area (Å²) < 4.78 is 36.2. The molecule has 0 fully saturated rings. The van der Waals surface area contributed by atoms with Crippen molar-refractivity contribution < 1.29 is 42.4 Å². The number of rotatable bonds is 7. The number of ether oxygens (including phenoxy) is 3. The van der Waals surface area contributed by atoms with E-state index in [4.69, 9.17) is 24.1 Å². The molecule has 3 heterocycles. The normalized spacial score (nSPS) is 14.8. The number of carbonyl (C=O) groups excluding carboxylic acids is 4. The molecule has 0 atom stereocenters. The molecule has 2 aliphatic heterocycles. The molecule has 2 aromatic rings. The first-order valence-electron chi connectivity index (χ1n) is 19.2. The van der Waals surface area contributed by atoms with E-state index in [0.717, 1.165) is 23.1 Å². The van der Waals surface area contributed by atoms with E-state index in [1.54, 1.807) is 85.6 Å². The fourth-order valence-corrected chi connectivity index (χ4v) is 6.45. The van der Waals surface area contributed by atoms with Crippen molar-refractivity contribution in [3.8, 4) is 6.26 Å². The Morgan fingerprint density at radius 3 is 1.93 bits per heavy atom. The van der Waals surface area contributed by atoms with Crippen molar-refractivity contribution >= 4 is 71.2 Å². The second kappa shape index (κ2) is 20.8. The van der Waals surface area contributed by atoms with Crippen LogP contribution in [0.3, 0.4) is 0 Å². The zero-order chi connectivity index (χ0) is 44.1. The van der Waals surface area contributed by atoms with Gasteiger partial charge in [0.25, 0.3) is 0 Å². The summed E-state index contributed by atoms with van der Waals surface area (Å²) in [5.74, 6) is -1.10. The summed E-state index contributed by atoms with van der Waals surface area (Å²) in [4.78, 5) is 59.5. The van der Waals surface area contributed by atoms with E-state index in [9.17, 15) is 19.2 Å². The summed E-state index contributed by atoms with van der Waals surface area (Å²) in [5.41, 5.74) is 0.451. The molecule has 1 aromatic heterocycles. The number of carbonyl (C=O) groups is 4. The number of nitriles is 1. The number of hydrogen-bond acceptors (Lipinski definition) is 11. The molecule has 0 saturated carbocycles. The first-order valence-corrected chi connectivity index (χ1v) is 20.1. The summed E-state index contributed by atoms with van der Waals surface area (Å²) in [6.45, 7) is 21.0. The van der Waals surface area contributed by atoms with E-state index >= 15 is 4.39 Å². The van der Waals surface area contributed by atoms with Gasteiger partial charge in [0.1, 0.15) is 11.2 Å². The third-order valence-electron chi connectivity index (χ3n) is 7.85. The zero-order valence-electron chi connectivity index (χ0n) is 35.7. The second-order valence-corrected chi connectivity index (χ2v) is 17.1. The molecule has 1 aromatic carbocycles. The molecule has 4 rings (SSSR count). The van der Waals surface area contributed by atoms with Crippen LogP contribution in [0, 0.1) is 17.3 Å². The first kappa shape index (κ1) is 47.7. The van der Waals surface area contributed by atoms with E-state index in [1.807, 2.05) is 37.0 Å². The van der Waals surface area contributed by atoms with Crippen LogP contribution in [-0.4, -0.2) is 95.8 Å². The van der Waals surface area contributed by atoms with Gasteiger partial charge in [-0.15, -0.1) is 4.99 Å². The zero-order valence-corrected chi connectivity index (χ0v) is 36.5. The molecule has 18 heteroatoms. The number of hydrogen-bond donors (Lipinski definition) is 3. The predicted molar refractivity (Wildman–Crippen MR) is 228 cm³/mol. The first-order chi connectivity index (χ1) is 27.6. The molecule has 59 heavy (non-hydrogen) atoms. The number of nitrogens with zero attached hydrogens (tertiary/aromatic N) is 4. The summed E-state index contributed by atoms with van der Waals surface area (Å²) in [6, 6.07) is 8.10. The molecule has 0 aliphatic carbocycles. The van der Waals surface area contributed by atoms with Gasteiger partial charge in [-0.1, -0.05) is 26.0 Å². The maximum atomic E-state index is 15.4. The number of thiophene rings is 1. The number of halogens is 1. The van der Waals surface area contributed by atoms with Gasteiger partial charge in [0.15, 0.2) is 0 Å². The number of alkyl carbamates (subject to hydrolysis) is 2. The molecule has 0 unspecified atom stereocenters. The van der Waals surface area contributed by atoms with E-state index < -0.39 is 46.8 Å². The van der Waals surface area contributed by atoms with Crippen molar-refractivity contribution in [2.45, 2.75) is 106 Å². The molecule has 0 radical (unpaired) electrons. The van der Waals surface area contributed by atoms with Gasteiger partial charge in [0.2, 0.25) is 5.96 Å². The van der Waals surface area contributed by atoms with Crippen LogP contribution in [0.25, 0.3) is 11.1 Å².